The van der Waals surface area contributed by atoms with Gasteiger partial charge in [-0.25, -0.2) is 4.57 Å². The number of amides is 1. The highest BCUT2D eigenvalue weighted by atomic mass is 31.2. The number of benzene rings is 1. The van der Waals surface area contributed by atoms with Crippen molar-refractivity contribution in [2.45, 2.75) is 168 Å². The van der Waals surface area contributed by atoms with Crippen molar-refractivity contribution in [1.82, 2.24) is 9.79 Å². The zero-order valence-corrected chi connectivity index (χ0v) is 43.0. The Labute approximate surface area is 422 Å². The number of esters is 2. The van der Waals surface area contributed by atoms with Crippen molar-refractivity contribution in [3.05, 3.63) is 79.3 Å². The molecule has 1 aliphatic rings. The van der Waals surface area contributed by atoms with Gasteiger partial charge in [0.1, 0.15) is 12.3 Å². The van der Waals surface area contributed by atoms with E-state index in [1.165, 1.54) is 57.4 Å². The molecule has 1 amide bonds. The van der Waals surface area contributed by atoms with E-state index < -0.39 is 74.3 Å². The molecule has 1 aliphatic heterocycles. The number of ether oxygens (including phenoxy) is 2. The molecule has 19 nitrogen and oxygen atoms in total. The van der Waals surface area contributed by atoms with Crippen LogP contribution in [-0.2, 0) is 43.9 Å². The van der Waals surface area contributed by atoms with Gasteiger partial charge in [0.15, 0.2) is 6.10 Å². The van der Waals surface area contributed by atoms with Crippen molar-refractivity contribution >= 4 is 61.9 Å². The SMILES string of the molecule is CCCCCCCCCCCCCCCC(=O)OCC(COP(=O)(O)OCCNC(=O)CCCCCNc1ccc([N+](=O)[O-])cc1[N+](=O)[O-])OC(=O)CCCCc1ccc(/C=C2\N=C(C)C=C2C)n1B(F)F. The summed E-state index contributed by atoms with van der Waals surface area (Å²) in [6.45, 7) is 4.55. The van der Waals surface area contributed by atoms with E-state index >= 15 is 0 Å². The lowest BCUT2D eigenvalue weighted by Gasteiger charge is -2.20. The third-order valence-electron chi connectivity index (χ3n) is 11.8. The van der Waals surface area contributed by atoms with Crippen LogP contribution >= 0.6 is 7.82 Å². The molecule has 2 aromatic rings. The minimum absolute atomic E-state index is 0.117. The zero-order chi connectivity index (χ0) is 52.7. The summed E-state index contributed by atoms with van der Waals surface area (Å²) in [6.07, 6.45) is 19.7. The van der Waals surface area contributed by atoms with Crippen LogP contribution in [0.1, 0.15) is 167 Å². The highest BCUT2D eigenvalue weighted by Crippen LogP contribution is 2.43. The fourth-order valence-electron chi connectivity index (χ4n) is 7.93. The second-order valence-electron chi connectivity index (χ2n) is 17.9. The smallest absolute Gasteiger partial charge is 0.462 e. The molecule has 1 aromatic carbocycles. The lowest BCUT2D eigenvalue weighted by molar-refractivity contribution is -0.393. The van der Waals surface area contributed by atoms with Crippen LogP contribution in [0.5, 0.6) is 0 Å². The maximum atomic E-state index is 14.2. The molecule has 2 unspecified atom stereocenters. The Hall–Kier alpha value is -5.31. The first-order valence-corrected chi connectivity index (χ1v) is 26.8. The normalized spacial score (nSPS) is 14.1. The quantitative estimate of drug-likeness (QED) is 0.0140. The summed E-state index contributed by atoms with van der Waals surface area (Å²) in [4.78, 5) is 73.6. The summed E-state index contributed by atoms with van der Waals surface area (Å²) < 4.78 is 63.1. The van der Waals surface area contributed by atoms with E-state index in [1.54, 1.807) is 18.2 Å². The average molecular weight is 1030 g/mol. The number of carbonyl (C=O) groups is 3. The van der Waals surface area contributed by atoms with Gasteiger partial charge >= 0.3 is 27.2 Å². The van der Waals surface area contributed by atoms with Crippen LogP contribution in [0, 0.1) is 20.2 Å². The summed E-state index contributed by atoms with van der Waals surface area (Å²) in [7, 11) is -7.55. The summed E-state index contributed by atoms with van der Waals surface area (Å²) in [5, 5.41) is 27.7. The number of hydrogen-bond acceptors (Lipinski definition) is 14. The van der Waals surface area contributed by atoms with Gasteiger partial charge in [-0.3, -0.25) is 57.3 Å². The largest absolute Gasteiger partial charge is 0.677 e. The maximum Gasteiger partial charge on any atom is 0.677 e. The number of nitro benzene ring substituents is 2. The first kappa shape index (κ1) is 61.0. The van der Waals surface area contributed by atoms with Gasteiger partial charge < -0.3 is 29.5 Å². The van der Waals surface area contributed by atoms with Crippen LogP contribution in [0.2, 0.25) is 0 Å². The Balaban J connectivity index is 1.41. The molecule has 23 heteroatoms. The van der Waals surface area contributed by atoms with Crippen LogP contribution in [-0.4, -0.2) is 89.2 Å². The molecular weight excluding hydrogens is 960 g/mol. The molecule has 1 aromatic heterocycles. The summed E-state index contributed by atoms with van der Waals surface area (Å²) >= 11 is 0. The van der Waals surface area contributed by atoms with Crippen LogP contribution < -0.4 is 10.6 Å². The molecule has 0 bridgehead atoms. The number of aryl methyl sites for hydroxylation is 1. The molecule has 0 saturated heterocycles. The minimum atomic E-state index is -4.75. The van der Waals surface area contributed by atoms with Gasteiger partial charge in [-0.15, -0.1) is 0 Å². The van der Waals surface area contributed by atoms with E-state index in [9.17, 15) is 52.7 Å². The standard InChI is InChI=1S/C49H74BF2N6O13P/c1-4-5-6-7-8-9-10-11-12-13-14-15-18-24-48(60)68-36-43(71-49(61)25-20-19-22-40-26-27-41(56(40)50(51)52)34-45-38(2)33-39(3)55-45)37-70-72(66,67)69-32-31-54-47(59)23-17-16-21-30-53-44-29-28-42(57(62)63)35-46(44)58(64)65/h26-29,33-35,43,53H,4-25,30-32,36-37H2,1-3H3,(H,54,59)(H,66,67)/b45-34-. The number of rotatable bonds is 40. The molecule has 0 saturated carbocycles. The fourth-order valence-corrected chi connectivity index (χ4v) is 8.68. The van der Waals surface area contributed by atoms with E-state index in [0.29, 0.717) is 55.7 Å². The third kappa shape index (κ3) is 24.9. The number of carbonyl (C=O) groups excluding carboxylic acids is 3. The zero-order valence-electron chi connectivity index (χ0n) is 42.1. The molecule has 2 atom stereocenters. The molecule has 0 aliphatic carbocycles. The number of nitro groups is 2. The number of unbranched alkanes of at least 4 members (excludes halogenated alkanes) is 15. The Morgan fingerprint density at radius 3 is 2.06 bits per heavy atom. The van der Waals surface area contributed by atoms with E-state index in [2.05, 4.69) is 22.5 Å². The Kier molecular flexibility index (Phi) is 29.0. The van der Waals surface area contributed by atoms with Gasteiger partial charge in [-0.2, -0.15) is 0 Å². The number of hydrogen-bond donors (Lipinski definition) is 3. The van der Waals surface area contributed by atoms with Crippen molar-refractivity contribution in [2.75, 3.05) is 38.2 Å². The Morgan fingerprint density at radius 1 is 0.806 bits per heavy atom. The molecule has 2 heterocycles. The minimum Gasteiger partial charge on any atom is -0.462 e. The summed E-state index contributed by atoms with van der Waals surface area (Å²) in [5.41, 5.74) is 2.26. The van der Waals surface area contributed by atoms with Crippen molar-refractivity contribution in [3.63, 3.8) is 0 Å². The van der Waals surface area contributed by atoms with E-state index in [4.69, 9.17) is 18.5 Å². The molecule has 0 radical (unpaired) electrons. The number of anilines is 1. The number of phosphoric acid groups is 1. The van der Waals surface area contributed by atoms with Crippen molar-refractivity contribution in [3.8, 4) is 0 Å². The molecule has 72 heavy (non-hydrogen) atoms. The number of non-ortho nitro benzene ring substituents is 1. The lowest BCUT2D eigenvalue weighted by Crippen LogP contribution is -2.30. The maximum absolute atomic E-state index is 14.2. The predicted molar refractivity (Wildman–Crippen MR) is 273 cm³/mol. The van der Waals surface area contributed by atoms with Crippen LogP contribution in [0.3, 0.4) is 0 Å². The number of halogens is 2. The number of phosphoric ester groups is 1. The fraction of sp³-hybridized carbons (Fsp3) is 0.633. The van der Waals surface area contributed by atoms with E-state index in [-0.39, 0.29) is 50.2 Å². The first-order chi connectivity index (χ1) is 34.5. The van der Waals surface area contributed by atoms with Crippen molar-refractivity contribution in [1.29, 1.82) is 0 Å². The van der Waals surface area contributed by atoms with Gasteiger partial charge in [0.25, 0.3) is 11.4 Å². The van der Waals surface area contributed by atoms with Crippen LogP contribution in [0.15, 0.2) is 52.7 Å². The average Bonchev–Trinajstić information content (AvgIpc) is 3.89. The summed E-state index contributed by atoms with van der Waals surface area (Å²) in [6, 6.07) is 6.52. The second-order valence-corrected chi connectivity index (χ2v) is 19.4. The first-order valence-electron chi connectivity index (χ1n) is 25.3. The molecule has 0 fully saturated rings. The monoisotopic (exact) mass is 1030 g/mol. The van der Waals surface area contributed by atoms with Gasteiger partial charge in [0.2, 0.25) is 5.91 Å². The lowest BCUT2D eigenvalue weighted by atomic mass is 10.0. The molecular formula is C49H74BF2N6O13P. The summed E-state index contributed by atoms with van der Waals surface area (Å²) in [5.74, 6) is -1.60. The van der Waals surface area contributed by atoms with Crippen LogP contribution in [0.4, 0.5) is 25.7 Å². The highest BCUT2D eigenvalue weighted by Gasteiger charge is 2.27. The number of nitrogens with one attached hydrogen (secondary N) is 2. The third-order valence-corrected chi connectivity index (χ3v) is 12.8. The highest BCUT2D eigenvalue weighted by molar-refractivity contribution is 7.47. The molecule has 400 valence electrons. The predicted octanol–water partition coefficient (Wildman–Crippen LogP) is 11.4. The number of allylic oxidation sites excluding steroid dienone is 2. The molecule has 3 rings (SSSR count). The molecule has 0 spiro atoms. The second kappa shape index (κ2) is 34.2. The topological polar surface area (TPSA) is 253 Å². The Morgan fingerprint density at radius 2 is 1.43 bits per heavy atom. The van der Waals surface area contributed by atoms with Crippen LogP contribution in [0.25, 0.3) is 6.08 Å². The number of aromatic nitrogens is 1. The van der Waals surface area contributed by atoms with Gasteiger partial charge in [0.05, 0.1) is 34.8 Å². The number of nitrogens with zero attached hydrogens (tertiary/aromatic N) is 4. The van der Waals surface area contributed by atoms with E-state index in [0.717, 1.165) is 53.6 Å². The van der Waals surface area contributed by atoms with Crippen molar-refractivity contribution in [2.24, 2.45) is 4.99 Å². The number of aliphatic imine (C=N–C) groups is 1. The Bertz CT molecular complexity index is 2190. The van der Waals surface area contributed by atoms with Gasteiger partial charge in [-0.1, -0.05) is 90.4 Å². The van der Waals surface area contributed by atoms with Gasteiger partial charge in [0, 0.05) is 55.5 Å². The van der Waals surface area contributed by atoms with Gasteiger partial charge in [-0.05, 0) is 88.3 Å². The van der Waals surface area contributed by atoms with E-state index in [1.807, 2.05) is 19.9 Å². The van der Waals surface area contributed by atoms with Crippen molar-refractivity contribution < 1.29 is 60.8 Å². The molecule has 3 N–H and O–H groups in total.